The SMILES string of the molecule is Cc1ccc(CNCCCC(=O)NC2CC2)c(Cl)c1. The number of carbonyl (C=O) groups is 1. The standard InChI is InChI=1S/C15H21ClN2O/c1-11-4-5-12(14(16)9-11)10-17-8-2-3-15(19)18-13-6-7-13/h4-5,9,13,17H,2-3,6-8,10H2,1H3,(H,18,19). The average molecular weight is 281 g/mol. The maximum atomic E-state index is 11.5. The van der Waals surface area contributed by atoms with E-state index in [0.717, 1.165) is 42.9 Å². The first kappa shape index (κ1) is 14.4. The highest BCUT2D eigenvalue weighted by molar-refractivity contribution is 6.31. The van der Waals surface area contributed by atoms with Crippen molar-refractivity contribution in [2.75, 3.05) is 6.54 Å². The molecule has 2 rings (SSSR count). The van der Waals surface area contributed by atoms with Crippen LogP contribution in [0.25, 0.3) is 0 Å². The molecule has 1 aromatic carbocycles. The van der Waals surface area contributed by atoms with Crippen LogP contribution in [-0.2, 0) is 11.3 Å². The van der Waals surface area contributed by atoms with Gasteiger partial charge in [0.15, 0.2) is 0 Å². The van der Waals surface area contributed by atoms with E-state index in [9.17, 15) is 4.79 Å². The molecule has 0 spiro atoms. The minimum atomic E-state index is 0.178. The van der Waals surface area contributed by atoms with Gasteiger partial charge in [0.2, 0.25) is 5.91 Å². The van der Waals surface area contributed by atoms with Crippen molar-refractivity contribution in [3.8, 4) is 0 Å². The molecule has 1 aliphatic carbocycles. The van der Waals surface area contributed by atoms with Gasteiger partial charge in [0, 0.05) is 24.0 Å². The zero-order valence-electron chi connectivity index (χ0n) is 11.3. The number of hydrogen-bond acceptors (Lipinski definition) is 2. The summed E-state index contributed by atoms with van der Waals surface area (Å²) in [5.41, 5.74) is 2.28. The van der Waals surface area contributed by atoms with Crippen molar-refractivity contribution in [1.29, 1.82) is 0 Å². The Hall–Kier alpha value is -1.06. The summed E-state index contributed by atoms with van der Waals surface area (Å²) in [5, 5.41) is 7.12. The number of rotatable bonds is 7. The highest BCUT2D eigenvalue weighted by atomic mass is 35.5. The summed E-state index contributed by atoms with van der Waals surface area (Å²) in [7, 11) is 0. The number of benzene rings is 1. The summed E-state index contributed by atoms with van der Waals surface area (Å²) in [6, 6.07) is 6.55. The van der Waals surface area contributed by atoms with Gasteiger partial charge in [-0.15, -0.1) is 0 Å². The van der Waals surface area contributed by atoms with Crippen molar-refractivity contribution in [2.24, 2.45) is 0 Å². The van der Waals surface area contributed by atoms with Gasteiger partial charge in [-0.2, -0.15) is 0 Å². The lowest BCUT2D eigenvalue weighted by Gasteiger charge is -2.07. The highest BCUT2D eigenvalue weighted by Gasteiger charge is 2.22. The number of aryl methyl sites for hydroxylation is 1. The quantitative estimate of drug-likeness (QED) is 0.754. The minimum Gasteiger partial charge on any atom is -0.353 e. The maximum absolute atomic E-state index is 11.5. The molecule has 0 saturated heterocycles. The van der Waals surface area contributed by atoms with Crippen LogP contribution in [0.5, 0.6) is 0 Å². The lowest BCUT2D eigenvalue weighted by molar-refractivity contribution is -0.121. The Labute approximate surface area is 119 Å². The Balaban J connectivity index is 1.59. The number of amides is 1. The van der Waals surface area contributed by atoms with Gasteiger partial charge < -0.3 is 10.6 Å². The van der Waals surface area contributed by atoms with E-state index in [1.54, 1.807) is 0 Å². The number of hydrogen-bond donors (Lipinski definition) is 2. The number of carbonyl (C=O) groups excluding carboxylic acids is 1. The molecular weight excluding hydrogens is 260 g/mol. The molecule has 0 heterocycles. The van der Waals surface area contributed by atoms with Crippen LogP contribution in [0.1, 0.15) is 36.8 Å². The molecule has 104 valence electrons. The molecule has 0 radical (unpaired) electrons. The summed E-state index contributed by atoms with van der Waals surface area (Å²) in [5.74, 6) is 0.178. The number of halogens is 1. The van der Waals surface area contributed by atoms with Crippen LogP contribution in [0, 0.1) is 6.92 Å². The Bertz CT molecular complexity index is 444. The molecule has 0 aliphatic heterocycles. The van der Waals surface area contributed by atoms with E-state index in [4.69, 9.17) is 11.6 Å². The molecule has 1 aromatic rings. The topological polar surface area (TPSA) is 41.1 Å². The maximum Gasteiger partial charge on any atom is 0.220 e. The second-order valence-electron chi connectivity index (χ2n) is 5.22. The smallest absolute Gasteiger partial charge is 0.220 e. The predicted octanol–water partition coefficient (Wildman–Crippen LogP) is 2.80. The third-order valence-electron chi connectivity index (χ3n) is 3.22. The molecule has 0 unspecified atom stereocenters. The largest absolute Gasteiger partial charge is 0.353 e. The Morgan fingerprint density at radius 3 is 2.89 bits per heavy atom. The molecule has 1 aliphatic rings. The second kappa shape index (κ2) is 6.92. The highest BCUT2D eigenvalue weighted by Crippen LogP contribution is 2.19. The summed E-state index contributed by atoms with van der Waals surface area (Å²) in [6.07, 6.45) is 3.76. The zero-order chi connectivity index (χ0) is 13.7. The average Bonchev–Trinajstić information content (AvgIpc) is 3.15. The summed E-state index contributed by atoms with van der Waals surface area (Å²) in [6.45, 7) is 3.62. The van der Waals surface area contributed by atoms with Crippen LogP contribution in [-0.4, -0.2) is 18.5 Å². The van der Waals surface area contributed by atoms with Gasteiger partial charge in [-0.1, -0.05) is 23.7 Å². The van der Waals surface area contributed by atoms with E-state index in [2.05, 4.69) is 16.7 Å². The van der Waals surface area contributed by atoms with Crippen LogP contribution < -0.4 is 10.6 Å². The lowest BCUT2D eigenvalue weighted by atomic mass is 10.1. The third-order valence-corrected chi connectivity index (χ3v) is 3.58. The molecular formula is C15H21ClN2O. The van der Waals surface area contributed by atoms with Crippen molar-refractivity contribution in [1.82, 2.24) is 10.6 Å². The van der Waals surface area contributed by atoms with Crippen LogP contribution >= 0.6 is 11.6 Å². The van der Waals surface area contributed by atoms with Crippen molar-refractivity contribution >= 4 is 17.5 Å². The first-order chi connectivity index (χ1) is 9.15. The molecule has 0 bridgehead atoms. The zero-order valence-corrected chi connectivity index (χ0v) is 12.1. The van der Waals surface area contributed by atoms with Gasteiger partial charge in [-0.3, -0.25) is 4.79 Å². The minimum absolute atomic E-state index is 0.178. The second-order valence-corrected chi connectivity index (χ2v) is 5.62. The molecule has 1 saturated carbocycles. The van der Waals surface area contributed by atoms with E-state index in [1.807, 2.05) is 19.1 Å². The molecule has 4 heteroatoms. The van der Waals surface area contributed by atoms with E-state index in [1.165, 1.54) is 5.56 Å². The Kier molecular flexibility index (Phi) is 5.23. The Morgan fingerprint density at radius 2 is 2.21 bits per heavy atom. The monoisotopic (exact) mass is 280 g/mol. The van der Waals surface area contributed by atoms with Crippen LogP contribution in [0.4, 0.5) is 0 Å². The van der Waals surface area contributed by atoms with Gasteiger partial charge >= 0.3 is 0 Å². The normalized spacial score (nSPS) is 14.4. The van der Waals surface area contributed by atoms with Crippen LogP contribution in [0.2, 0.25) is 5.02 Å². The van der Waals surface area contributed by atoms with E-state index in [-0.39, 0.29) is 5.91 Å². The fraction of sp³-hybridized carbons (Fsp3) is 0.533. The lowest BCUT2D eigenvalue weighted by Crippen LogP contribution is -2.26. The van der Waals surface area contributed by atoms with Crippen molar-refractivity contribution in [3.63, 3.8) is 0 Å². The summed E-state index contributed by atoms with van der Waals surface area (Å²) in [4.78, 5) is 11.5. The fourth-order valence-corrected chi connectivity index (χ4v) is 2.22. The molecule has 1 fully saturated rings. The summed E-state index contributed by atoms with van der Waals surface area (Å²) >= 11 is 6.15. The fourth-order valence-electron chi connectivity index (χ4n) is 1.92. The van der Waals surface area contributed by atoms with Crippen molar-refractivity contribution in [3.05, 3.63) is 34.3 Å². The van der Waals surface area contributed by atoms with Gasteiger partial charge in [-0.25, -0.2) is 0 Å². The van der Waals surface area contributed by atoms with Crippen molar-refractivity contribution in [2.45, 2.75) is 45.2 Å². The molecule has 0 aromatic heterocycles. The first-order valence-electron chi connectivity index (χ1n) is 6.90. The molecule has 2 N–H and O–H groups in total. The third kappa shape index (κ3) is 5.21. The molecule has 0 atom stereocenters. The number of nitrogens with one attached hydrogen (secondary N) is 2. The molecule has 19 heavy (non-hydrogen) atoms. The van der Waals surface area contributed by atoms with E-state index < -0.39 is 0 Å². The van der Waals surface area contributed by atoms with Crippen LogP contribution in [0.3, 0.4) is 0 Å². The Morgan fingerprint density at radius 1 is 1.42 bits per heavy atom. The molecule has 3 nitrogen and oxygen atoms in total. The van der Waals surface area contributed by atoms with Gasteiger partial charge in [-0.05, 0) is 49.9 Å². The van der Waals surface area contributed by atoms with Crippen molar-refractivity contribution < 1.29 is 4.79 Å². The van der Waals surface area contributed by atoms with Gasteiger partial charge in [0.05, 0.1) is 0 Å². The summed E-state index contributed by atoms with van der Waals surface area (Å²) < 4.78 is 0. The van der Waals surface area contributed by atoms with Gasteiger partial charge in [0.1, 0.15) is 0 Å². The van der Waals surface area contributed by atoms with E-state index >= 15 is 0 Å². The van der Waals surface area contributed by atoms with E-state index in [0.29, 0.717) is 12.5 Å². The molecule has 1 amide bonds. The van der Waals surface area contributed by atoms with Gasteiger partial charge in [0.25, 0.3) is 0 Å². The first-order valence-corrected chi connectivity index (χ1v) is 7.28. The predicted molar refractivity (Wildman–Crippen MR) is 78.3 cm³/mol. The van der Waals surface area contributed by atoms with Crippen LogP contribution in [0.15, 0.2) is 18.2 Å².